The Kier molecular flexibility index (Phi) is 4.59. The van der Waals surface area contributed by atoms with Crippen molar-refractivity contribution in [2.24, 2.45) is 11.5 Å². The number of hydrogen-bond acceptors (Lipinski definition) is 4. The molecule has 0 bridgehead atoms. The molecule has 0 aliphatic rings. The molecule has 1 unspecified atom stereocenters. The van der Waals surface area contributed by atoms with Crippen LogP contribution in [0.2, 0.25) is 0 Å². The molecule has 0 aromatic heterocycles. The zero-order chi connectivity index (χ0) is 9.78. The fourth-order valence-corrected chi connectivity index (χ4v) is 1.63. The highest BCUT2D eigenvalue weighted by molar-refractivity contribution is 8.00. The Morgan fingerprint density at radius 1 is 1.67 bits per heavy atom. The van der Waals surface area contributed by atoms with Crippen molar-refractivity contribution in [3.63, 3.8) is 0 Å². The lowest BCUT2D eigenvalue weighted by Crippen LogP contribution is -2.47. The number of hydrogen-bond donors (Lipinski definition) is 3. The van der Waals surface area contributed by atoms with Gasteiger partial charge in [-0.15, -0.1) is 0 Å². The van der Waals surface area contributed by atoms with E-state index in [0.29, 0.717) is 6.54 Å². The zero-order valence-corrected chi connectivity index (χ0v) is 8.23. The largest absolute Gasteiger partial charge is 0.480 e. The Morgan fingerprint density at radius 3 is 2.50 bits per heavy atom. The summed E-state index contributed by atoms with van der Waals surface area (Å²) in [6.45, 7) is 4.17. The molecule has 0 aromatic carbocycles. The molecule has 0 heterocycles. The normalized spacial score (nSPS) is 14.3. The van der Waals surface area contributed by atoms with Crippen molar-refractivity contribution < 1.29 is 9.90 Å². The Hall–Kier alpha value is -0.260. The van der Waals surface area contributed by atoms with E-state index in [1.165, 1.54) is 11.8 Å². The average molecular weight is 192 g/mol. The first-order valence-corrected chi connectivity index (χ1v) is 4.73. The summed E-state index contributed by atoms with van der Waals surface area (Å²) < 4.78 is -0.453. The molecule has 0 spiro atoms. The molecule has 12 heavy (non-hydrogen) atoms. The van der Waals surface area contributed by atoms with Crippen LogP contribution >= 0.6 is 11.8 Å². The molecular formula is C7H16N2O2S. The van der Waals surface area contributed by atoms with E-state index in [4.69, 9.17) is 16.6 Å². The molecule has 0 saturated carbocycles. The smallest absolute Gasteiger partial charge is 0.321 e. The second-order valence-corrected chi connectivity index (χ2v) is 4.81. The molecule has 0 aromatic rings. The first-order valence-electron chi connectivity index (χ1n) is 3.74. The van der Waals surface area contributed by atoms with Gasteiger partial charge < -0.3 is 16.6 Å². The van der Waals surface area contributed by atoms with E-state index in [2.05, 4.69) is 0 Å². The molecule has 0 aliphatic heterocycles. The van der Waals surface area contributed by atoms with E-state index in [1.54, 1.807) is 0 Å². The summed E-state index contributed by atoms with van der Waals surface area (Å²) in [5.41, 5.74) is 10.8. The van der Waals surface area contributed by atoms with Crippen LogP contribution in [0.5, 0.6) is 0 Å². The van der Waals surface area contributed by atoms with Gasteiger partial charge >= 0.3 is 5.97 Å². The molecular weight excluding hydrogens is 176 g/mol. The number of carbonyl (C=O) groups is 1. The maximum atomic E-state index is 10.5. The van der Waals surface area contributed by atoms with Gasteiger partial charge in [0.25, 0.3) is 0 Å². The van der Waals surface area contributed by atoms with Crippen molar-refractivity contribution >= 4 is 17.7 Å². The molecule has 72 valence electrons. The number of nitrogens with two attached hydrogens (primary N) is 2. The lowest BCUT2D eigenvalue weighted by atomic mass is 10.1. The lowest BCUT2D eigenvalue weighted by Gasteiger charge is -2.27. The standard InChI is InChI=1S/C7H16N2O2S/c1-7(2,12-4-3-8)5(9)6(10)11/h5H,3-4,8-9H2,1-2H3,(H,10,11). The highest BCUT2D eigenvalue weighted by atomic mass is 32.2. The van der Waals surface area contributed by atoms with Crippen LogP contribution < -0.4 is 11.5 Å². The van der Waals surface area contributed by atoms with Crippen LogP contribution in [-0.4, -0.2) is 34.2 Å². The third-order valence-electron chi connectivity index (χ3n) is 1.61. The van der Waals surface area contributed by atoms with Crippen molar-refractivity contribution in [1.29, 1.82) is 0 Å². The van der Waals surface area contributed by atoms with E-state index >= 15 is 0 Å². The SMILES string of the molecule is CC(C)(SCCN)C(N)C(=O)O. The van der Waals surface area contributed by atoms with E-state index in [0.717, 1.165) is 5.75 Å². The molecule has 1 atom stereocenters. The van der Waals surface area contributed by atoms with Gasteiger partial charge in [-0.05, 0) is 13.8 Å². The summed E-state index contributed by atoms with van der Waals surface area (Å²) in [5, 5.41) is 8.65. The van der Waals surface area contributed by atoms with Crippen molar-refractivity contribution in [2.75, 3.05) is 12.3 Å². The Labute approximate surface area is 76.7 Å². The molecule has 0 fully saturated rings. The van der Waals surface area contributed by atoms with Gasteiger partial charge in [0, 0.05) is 17.0 Å². The lowest BCUT2D eigenvalue weighted by molar-refractivity contribution is -0.139. The zero-order valence-electron chi connectivity index (χ0n) is 7.41. The number of aliphatic carboxylic acids is 1. The summed E-state index contributed by atoms with van der Waals surface area (Å²) in [6, 6.07) is -0.839. The second-order valence-electron chi connectivity index (χ2n) is 3.06. The van der Waals surface area contributed by atoms with Crippen LogP contribution in [0.4, 0.5) is 0 Å². The second kappa shape index (κ2) is 4.69. The summed E-state index contributed by atoms with van der Waals surface area (Å²) in [5.74, 6) is -0.238. The summed E-state index contributed by atoms with van der Waals surface area (Å²) in [6.07, 6.45) is 0. The summed E-state index contributed by atoms with van der Waals surface area (Å²) in [7, 11) is 0. The predicted molar refractivity (Wildman–Crippen MR) is 51.2 cm³/mol. The van der Waals surface area contributed by atoms with Gasteiger partial charge in [0.15, 0.2) is 0 Å². The van der Waals surface area contributed by atoms with Gasteiger partial charge in [0.1, 0.15) is 6.04 Å². The fourth-order valence-electron chi connectivity index (χ4n) is 0.709. The van der Waals surface area contributed by atoms with Gasteiger partial charge in [-0.25, -0.2) is 0 Å². The minimum Gasteiger partial charge on any atom is -0.480 e. The topological polar surface area (TPSA) is 89.3 Å². The maximum absolute atomic E-state index is 10.5. The van der Waals surface area contributed by atoms with E-state index in [-0.39, 0.29) is 0 Å². The van der Waals surface area contributed by atoms with Gasteiger partial charge in [-0.1, -0.05) is 0 Å². The third kappa shape index (κ3) is 3.42. The van der Waals surface area contributed by atoms with Gasteiger partial charge in [0.2, 0.25) is 0 Å². The molecule has 5 heteroatoms. The van der Waals surface area contributed by atoms with Crippen LogP contribution in [0.1, 0.15) is 13.8 Å². The number of carboxylic acids is 1. The minimum atomic E-state index is -0.968. The third-order valence-corrected chi connectivity index (χ3v) is 3.04. The number of rotatable bonds is 5. The molecule has 0 amide bonds. The maximum Gasteiger partial charge on any atom is 0.321 e. The van der Waals surface area contributed by atoms with E-state index in [9.17, 15) is 4.79 Å². The first-order chi connectivity index (χ1) is 5.41. The van der Waals surface area contributed by atoms with Crippen molar-refractivity contribution in [3.05, 3.63) is 0 Å². The number of carboxylic acid groups (broad SMARTS) is 1. The highest BCUT2D eigenvalue weighted by Gasteiger charge is 2.31. The van der Waals surface area contributed by atoms with Gasteiger partial charge in [-0.2, -0.15) is 11.8 Å². The van der Waals surface area contributed by atoms with Crippen LogP contribution in [0.3, 0.4) is 0 Å². The molecule has 4 nitrogen and oxygen atoms in total. The van der Waals surface area contributed by atoms with Crippen LogP contribution in [0, 0.1) is 0 Å². The molecule has 0 rings (SSSR count). The fraction of sp³-hybridized carbons (Fsp3) is 0.857. The Bertz CT molecular complexity index is 161. The minimum absolute atomic E-state index is 0.453. The summed E-state index contributed by atoms with van der Waals surface area (Å²) in [4.78, 5) is 10.5. The van der Waals surface area contributed by atoms with Crippen LogP contribution in [0.15, 0.2) is 0 Å². The predicted octanol–water partition coefficient (Wildman–Crippen LogP) is -0.131. The molecule has 0 aliphatic carbocycles. The van der Waals surface area contributed by atoms with Gasteiger partial charge in [-0.3, -0.25) is 4.79 Å². The molecule has 5 N–H and O–H groups in total. The van der Waals surface area contributed by atoms with E-state index in [1.807, 2.05) is 13.8 Å². The molecule has 0 saturated heterocycles. The molecule has 0 radical (unpaired) electrons. The van der Waals surface area contributed by atoms with E-state index < -0.39 is 16.8 Å². The highest BCUT2D eigenvalue weighted by Crippen LogP contribution is 2.26. The van der Waals surface area contributed by atoms with Crippen molar-refractivity contribution in [2.45, 2.75) is 24.6 Å². The quantitative estimate of drug-likeness (QED) is 0.564. The Balaban J connectivity index is 4.08. The summed E-state index contributed by atoms with van der Waals surface area (Å²) >= 11 is 1.48. The average Bonchev–Trinajstić information content (AvgIpc) is 1.99. The number of thioether (sulfide) groups is 1. The van der Waals surface area contributed by atoms with Gasteiger partial charge in [0.05, 0.1) is 0 Å². The van der Waals surface area contributed by atoms with Crippen molar-refractivity contribution in [1.82, 2.24) is 0 Å². The van der Waals surface area contributed by atoms with Crippen LogP contribution in [0.25, 0.3) is 0 Å². The van der Waals surface area contributed by atoms with Crippen molar-refractivity contribution in [3.8, 4) is 0 Å². The Morgan fingerprint density at radius 2 is 2.17 bits per heavy atom. The first kappa shape index (κ1) is 11.7. The monoisotopic (exact) mass is 192 g/mol. The van der Waals surface area contributed by atoms with Crippen LogP contribution in [-0.2, 0) is 4.79 Å².